The summed E-state index contributed by atoms with van der Waals surface area (Å²) in [6, 6.07) is 0. The lowest BCUT2D eigenvalue weighted by atomic mass is 9.84. The van der Waals surface area contributed by atoms with Crippen molar-refractivity contribution in [2.45, 2.75) is 14.1 Å². The Hall–Kier alpha value is 0.0900. The summed E-state index contributed by atoms with van der Waals surface area (Å²) >= 11 is 37.5. The van der Waals surface area contributed by atoms with Gasteiger partial charge in [0.2, 0.25) is 11.8 Å². The first-order valence-corrected chi connectivity index (χ1v) is 8.09. The normalized spacial score (nSPS) is 42.4. The van der Waals surface area contributed by atoms with Crippen LogP contribution in [0.15, 0.2) is 10.1 Å². The molecule has 0 unspecified atom stereocenters. The van der Waals surface area contributed by atoms with E-state index in [0.717, 1.165) is 0 Å². The smallest absolute Gasteiger partial charge is 0.323 e. The van der Waals surface area contributed by atoms with E-state index < -0.39 is 50.2 Å². The molecule has 1 saturated heterocycles. The third-order valence-electron chi connectivity index (χ3n) is 4.29. The molecule has 0 aromatic rings. The molecule has 3 rings (SSSR count). The SMILES string of the molecule is O=C(O)CN1C(=O)[C@H]2[C@H](C1=O)[C@]1(Cl)C(Cl)=C(Cl)[C@]2(Cl)C1(Cl)Cl. The van der Waals surface area contributed by atoms with Crippen molar-refractivity contribution in [3.8, 4) is 0 Å². The number of allylic oxidation sites excluding steroid dienone is 2. The molecule has 0 aromatic heterocycles. The third kappa shape index (κ3) is 1.49. The maximum Gasteiger partial charge on any atom is 0.323 e. The van der Waals surface area contributed by atoms with Gasteiger partial charge >= 0.3 is 5.97 Å². The average Bonchev–Trinajstić information content (AvgIpc) is 2.78. The predicted molar refractivity (Wildman–Crippen MR) is 81.7 cm³/mol. The first kappa shape index (κ1) is 16.9. The van der Waals surface area contributed by atoms with Gasteiger partial charge in [-0.05, 0) is 0 Å². The first-order valence-electron chi connectivity index (χ1n) is 5.82. The maximum atomic E-state index is 12.5. The van der Waals surface area contributed by atoms with Crippen LogP contribution in [0.4, 0.5) is 0 Å². The van der Waals surface area contributed by atoms with Gasteiger partial charge in [-0.1, -0.05) is 46.4 Å². The monoisotopic (exact) mass is 425 g/mol. The zero-order valence-electron chi connectivity index (χ0n) is 10.2. The third-order valence-corrected chi connectivity index (χ3v) is 8.55. The van der Waals surface area contributed by atoms with E-state index in [-0.39, 0.29) is 10.1 Å². The van der Waals surface area contributed by atoms with Gasteiger partial charge in [0.05, 0.1) is 21.9 Å². The van der Waals surface area contributed by atoms with Gasteiger partial charge in [-0.2, -0.15) is 0 Å². The van der Waals surface area contributed by atoms with Crippen molar-refractivity contribution in [2.75, 3.05) is 6.54 Å². The van der Waals surface area contributed by atoms with Gasteiger partial charge in [-0.15, -0.1) is 23.2 Å². The molecule has 1 saturated carbocycles. The summed E-state index contributed by atoms with van der Waals surface area (Å²) < 4.78 is -2.01. The molecule has 2 fully saturated rings. The average molecular weight is 428 g/mol. The molecule has 0 radical (unpaired) electrons. The lowest BCUT2D eigenvalue weighted by molar-refractivity contribution is -0.149. The zero-order chi connectivity index (χ0) is 16.8. The summed E-state index contributed by atoms with van der Waals surface area (Å²) in [6.45, 7) is -0.822. The van der Waals surface area contributed by atoms with Crippen molar-refractivity contribution < 1.29 is 19.5 Å². The van der Waals surface area contributed by atoms with Gasteiger partial charge in [0, 0.05) is 0 Å². The molecule has 5 nitrogen and oxygen atoms in total. The number of carboxylic acids is 1. The highest BCUT2D eigenvalue weighted by atomic mass is 35.5. The number of likely N-dealkylation sites (tertiary alicyclic amines) is 1. The van der Waals surface area contributed by atoms with Crippen LogP contribution in [0.2, 0.25) is 0 Å². The van der Waals surface area contributed by atoms with Gasteiger partial charge in [0.15, 0.2) is 4.33 Å². The Morgan fingerprint density at radius 2 is 1.36 bits per heavy atom. The van der Waals surface area contributed by atoms with Gasteiger partial charge in [-0.25, -0.2) is 0 Å². The molecular weight excluding hydrogens is 423 g/mol. The standard InChI is InChI=1S/C11H5Cl6NO4/c12-5-6(13)10(15)4-3(9(5,14)11(10,16)17)7(21)18(8(4)22)1-2(19)20/h3-4H,1H2,(H,19,20)/t3-,4-,9+,10+/m1/s1. The van der Waals surface area contributed by atoms with E-state index in [2.05, 4.69) is 0 Å². The number of hydrogen-bond donors (Lipinski definition) is 1. The van der Waals surface area contributed by atoms with Crippen molar-refractivity contribution in [3.63, 3.8) is 0 Å². The first-order chi connectivity index (χ1) is 9.94. The lowest BCUT2D eigenvalue weighted by Gasteiger charge is -2.34. The van der Waals surface area contributed by atoms with Crippen molar-refractivity contribution in [1.82, 2.24) is 4.90 Å². The topological polar surface area (TPSA) is 74.7 Å². The number of imide groups is 1. The van der Waals surface area contributed by atoms with E-state index >= 15 is 0 Å². The number of amides is 2. The summed E-state index contributed by atoms with van der Waals surface area (Å²) in [5.41, 5.74) is 0. The van der Waals surface area contributed by atoms with Crippen LogP contribution in [0, 0.1) is 11.8 Å². The summed E-state index contributed by atoms with van der Waals surface area (Å²) in [7, 11) is 0. The molecule has 2 bridgehead atoms. The second-order valence-electron chi connectivity index (χ2n) is 5.24. The van der Waals surface area contributed by atoms with Crippen molar-refractivity contribution in [1.29, 1.82) is 0 Å². The summed E-state index contributed by atoms with van der Waals surface area (Å²) in [5, 5.41) is 8.40. The highest BCUT2D eigenvalue weighted by molar-refractivity contribution is 6.66. The Kier molecular flexibility index (Phi) is 3.53. The molecule has 120 valence electrons. The Bertz CT molecular complexity index is 631. The number of hydrogen-bond acceptors (Lipinski definition) is 3. The minimum atomic E-state index is -2.01. The van der Waals surface area contributed by atoms with E-state index in [1.165, 1.54) is 0 Å². The molecule has 4 atom stereocenters. The Morgan fingerprint density at radius 1 is 1.00 bits per heavy atom. The van der Waals surface area contributed by atoms with E-state index in [0.29, 0.717) is 4.90 Å². The summed E-state index contributed by atoms with van der Waals surface area (Å²) in [6.07, 6.45) is 0. The number of carbonyl (C=O) groups is 3. The van der Waals surface area contributed by atoms with Crippen LogP contribution in [-0.2, 0) is 14.4 Å². The van der Waals surface area contributed by atoms with Crippen LogP contribution in [0.5, 0.6) is 0 Å². The van der Waals surface area contributed by atoms with Crippen LogP contribution in [0.25, 0.3) is 0 Å². The highest BCUT2D eigenvalue weighted by Gasteiger charge is 2.87. The highest BCUT2D eigenvalue weighted by Crippen LogP contribution is 2.77. The van der Waals surface area contributed by atoms with Crippen molar-refractivity contribution >= 4 is 87.4 Å². The van der Waals surface area contributed by atoms with Crippen LogP contribution >= 0.6 is 69.6 Å². The molecular formula is C11H5Cl6NO4. The van der Waals surface area contributed by atoms with Crippen LogP contribution in [0.3, 0.4) is 0 Å². The van der Waals surface area contributed by atoms with E-state index in [4.69, 9.17) is 74.7 Å². The number of aliphatic carboxylic acids is 1. The fourth-order valence-corrected chi connectivity index (χ4v) is 6.27. The second kappa shape index (κ2) is 4.58. The van der Waals surface area contributed by atoms with Gasteiger partial charge in [0.25, 0.3) is 0 Å². The summed E-state index contributed by atoms with van der Waals surface area (Å²) in [5.74, 6) is -5.63. The van der Waals surface area contributed by atoms with E-state index in [9.17, 15) is 14.4 Å². The second-order valence-corrected chi connectivity index (χ2v) is 8.51. The molecule has 2 aliphatic carbocycles. The molecule has 11 heteroatoms. The molecule has 3 aliphatic rings. The molecule has 1 aliphatic heterocycles. The van der Waals surface area contributed by atoms with Crippen LogP contribution in [-0.4, -0.2) is 48.4 Å². The molecule has 0 aromatic carbocycles. The Balaban J connectivity index is 2.21. The fourth-order valence-electron chi connectivity index (χ4n) is 3.34. The lowest BCUT2D eigenvalue weighted by Crippen LogP contribution is -2.50. The summed E-state index contributed by atoms with van der Waals surface area (Å²) in [4.78, 5) is 32.5. The number of carbonyl (C=O) groups excluding carboxylic acids is 2. The number of carboxylic acid groups (broad SMARTS) is 1. The van der Waals surface area contributed by atoms with Crippen LogP contribution in [0.1, 0.15) is 0 Å². The number of alkyl halides is 4. The fraction of sp³-hybridized carbons (Fsp3) is 0.545. The minimum Gasteiger partial charge on any atom is -0.480 e. The molecule has 22 heavy (non-hydrogen) atoms. The van der Waals surface area contributed by atoms with E-state index in [1.807, 2.05) is 0 Å². The molecule has 1 N–H and O–H groups in total. The molecule has 2 amide bonds. The number of halogens is 6. The van der Waals surface area contributed by atoms with Crippen molar-refractivity contribution in [3.05, 3.63) is 10.1 Å². The van der Waals surface area contributed by atoms with Gasteiger partial charge in [-0.3, -0.25) is 19.3 Å². The maximum absolute atomic E-state index is 12.5. The number of nitrogens with zero attached hydrogens (tertiary/aromatic N) is 1. The molecule has 0 spiro atoms. The van der Waals surface area contributed by atoms with Gasteiger partial charge < -0.3 is 5.11 Å². The number of rotatable bonds is 2. The minimum absolute atomic E-state index is 0.213. The zero-order valence-corrected chi connectivity index (χ0v) is 14.8. The van der Waals surface area contributed by atoms with Crippen molar-refractivity contribution in [2.24, 2.45) is 11.8 Å². The largest absolute Gasteiger partial charge is 0.480 e. The predicted octanol–water partition coefficient (Wildman–Crippen LogP) is 2.52. The Labute approximate surface area is 154 Å². The van der Waals surface area contributed by atoms with Crippen LogP contribution < -0.4 is 0 Å². The number of fused-ring (bicyclic) bond motifs is 5. The quantitative estimate of drug-likeness (QED) is 0.543. The van der Waals surface area contributed by atoms with E-state index in [1.54, 1.807) is 0 Å². The molecule has 1 heterocycles. The van der Waals surface area contributed by atoms with Gasteiger partial charge in [0.1, 0.15) is 16.3 Å². The Morgan fingerprint density at radius 3 is 1.68 bits per heavy atom.